The standard InChI is InChI=1S/C20H20N2O/c1-21-14-16(17-9-3-5-11-19(17)21)13-20(23)22-12-6-8-15-7-2-4-10-18(15)22/h2-5,7,9-11,14H,6,8,12-13H2,1H3. The summed E-state index contributed by atoms with van der Waals surface area (Å²) in [6, 6.07) is 16.5. The second-order valence-electron chi connectivity index (χ2n) is 6.24. The number of hydrogen-bond donors (Lipinski definition) is 0. The molecule has 3 heteroatoms. The number of anilines is 1. The Labute approximate surface area is 136 Å². The molecule has 1 amide bonds. The summed E-state index contributed by atoms with van der Waals surface area (Å²) in [4.78, 5) is 14.9. The van der Waals surface area contributed by atoms with Crippen LogP contribution in [0.4, 0.5) is 5.69 Å². The van der Waals surface area contributed by atoms with Gasteiger partial charge in [0, 0.05) is 36.4 Å². The number of nitrogens with zero attached hydrogens (tertiary/aromatic N) is 2. The average molecular weight is 304 g/mol. The van der Waals surface area contributed by atoms with E-state index in [4.69, 9.17) is 0 Å². The predicted molar refractivity (Wildman–Crippen MR) is 93.7 cm³/mol. The van der Waals surface area contributed by atoms with Crippen molar-refractivity contribution in [1.29, 1.82) is 0 Å². The zero-order chi connectivity index (χ0) is 15.8. The monoisotopic (exact) mass is 304 g/mol. The maximum Gasteiger partial charge on any atom is 0.231 e. The molecule has 1 aliphatic heterocycles. The summed E-state index contributed by atoms with van der Waals surface area (Å²) in [6.45, 7) is 0.820. The van der Waals surface area contributed by atoms with Crippen LogP contribution in [0.2, 0.25) is 0 Å². The van der Waals surface area contributed by atoms with E-state index in [1.54, 1.807) is 0 Å². The van der Waals surface area contributed by atoms with Gasteiger partial charge in [0.05, 0.1) is 6.42 Å². The second kappa shape index (κ2) is 5.58. The van der Waals surface area contributed by atoms with Crippen molar-refractivity contribution in [3.8, 4) is 0 Å². The molecule has 23 heavy (non-hydrogen) atoms. The Balaban J connectivity index is 1.66. The SMILES string of the molecule is Cn1cc(CC(=O)N2CCCc3ccccc32)c2ccccc21. The molecule has 3 aromatic rings. The highest BCUT2D eigenvalue weighted by Crippen LogP contribution is 2.28. The summed E-state index contributed by atoms with van der Waals surface area (Å²) in [5.74, 6) is 0.188. The molecule has 4 rings (SSSR count). The maximum absolute atomic E-state index is 12.9. The number of fused-ring (bicyclic) bond motifs is 2. The van der Waals surface area contributed by atoms with Crippen LogP contribution in [-0.2, 0) is 24.7 Å². The molecule has 0 saturated heterocycles. The van der Waals surface area contributed by atoms with Gasteiger partial charge < -0.3 is 9.47 Å². The Morgan fingerprint density at radius 1 is 1.09 bits per heavy atom. The lowest BCUT2D eigenvalue weighted by Gasteiger charge is -2.29. The van der Waals surface area contributed by atoms with E-state index in [0.717, 1.165) is 30.6 Å². The third-order valence-corrected chi connectivity index (χ3v) is 4.73. The average Bonchev–Trinajstić information content (AvgIpc) is 2.91. The number of aromatic nitrogens is 1. The molecular formula is C20H20N2O. The summed E-state index contributed by atoms with van der Waals surface area (Å²) >= 11 is 0. The van der Waals surface area contributed by atoms with Crippen LogP contribution in [0.25, 0.3) is 10.9 Å². The molecule has 0 radical (unpaired) electrons. The Bertz CT molecular complexity index is 878. The maximum atomic E-state index is 12.9. The first-order valence-corrected chi connectivity index (χ1v) is 8.15. The van der Waals surface area contributed by atoms with Gasteiger partial charge in [-0.15, -0.1) is 0 Å². The molecule has 0 saturated carbocycles. The first kappa shape index (κ1) is 14.1. The molecule has 0 N–H and O–H groups in total. The zero-order valence-corrected chi connectivity index (χ0v) is 13.3. The van der Waals surface area contributed by atoms with Gasteiger partial charge in [0.25, 0.3) is 0 Å². The molecule has 0 unspecified atom stereocenters. The van der Waals surface area contributed by atoms with Gasteiger partial charge in [0.1, 0.15) is 0 Å². The van der Waals surface area contributed by atoms with Crippen LogP contribution >= 0.6 is 0 Å². The molecule has 0 fully saturated rings. The highest BCUT2D eigenvalue weighted by atomic mass is 16.2. The van der Waals surface area contributed by atoms with Crippen molar-refractivity contribution in [2.24, 2.45) is 7.05 Å². The second-order valence-corrected chi connectivity index (χ2v) is 6.24. The van der Waals surface area contributed by atoms with Crippen LogP contribution in [0.3, 0.4) is 0 Å². The van der Waals surface area contributed by atoms with Crippen LogP contribution in [0.5, 0.6) is 0 Å². The van der Waals surface area contributed by atoms with Crippen molar-refractivity contribution in [2.45, 2.75) is 19.3 Å². The lowest BCUT2D eigenvalue weighted by atomic mass is 10.0. The molecular weight excluding hydrogens is 284 g/mol. The number of amides is 1. The Morgan fingerprint density at radius 2 is 1.87 bits per heavy atom. The molecule has 0 bridgehead atoms. The Kier molecular flexibility index (Phi) is 3.41. The predicted octanol–water partition coefficient (Wildman–Crippen LogP) is 3.70. The molecule has 1 aromatic heterocycles. The number of rotatable bonds is 2. The van der Waals surface area contributed by atoms with Crippen LogP contribution in [0.15, 0.2) is 54.7 Å². The summed E-state index contributed by atoms with van der Waals surface area (Å²) in [6.07, 6.45) is 4.64. The van der Waals surface area contributed by atoms with E-state index < -0.39 is 0 Å². The van der Waals surface area contributed by atoms with Crippen molar-refractivity contribution >= 4 is 22.5 Å². The van der Waals surface area contributed by atoms with Gasteiger partial charge in [-0.3, -0.25) is 4.79 Å². The van der Waals surface area contributed by atoms with Gasteiger partial charge in [-0.1, -0.05) is 36.4 Å². The highest BCUT2D eigenvalue weighted by molar-refractivity contribution is 5.98. The molecule has 116 valence electrons. The molecule has 0 atom stereocenters. The van der Waals surface area contributed by atoms with E-state index in [2.05, 4.69) is 41.1 Å². The van der Waals surface area contributed by atoms with Gasteiger partial charge in [0.2, 0.25) is 5.91 Å². The number of para-hydroxylation sites is 2. The van der Waals surface area contributed by atoms with E-state index in [9.17, 15) is 4.79 Å². The largest absolute Gasteiger partial charge is 0.350 e. The van der Waals surface area contributed by atoms with Crippen molar-refractivity contribution < 1.29 is 4.79 Å². The number of aryl methyl sites for hydroxylation is 2. The van der Waals surface area contributed by atoms with Crippen LogP contribution < -0.4 is 4.90 Å². The van der Waals surface area contributed by atoms with Crippen molar-refractivity contribution in [3.63, 3.8) is 0 Å². The molecule has 3 nitrogen and oxygen atoms in total. The molecule has 1 aliphatic rings. The van der Waals surface area contributed by atoms with Crippen LogP contribution in [-0.4, -0.2) is 17.0 Å². The third kappa shape index (κ3) is 2.42. The Morgan fingerprint density at radius 3 is 2.78 bits per heavy atom. The summed E-state index contributed by atoms with van der Waals surface area (Å²) < 4.78 is 2.10. The molecule has 0 aliphatic carbocycles. The Hall–Kier alpha value is -2.55. The van der Waals surface area contributed by atoms with Crippen molar-refractivity contribution in [3.05, 3.63) is 65.9 Å². The highest BCUT2D eigenvalue weighted by Gasteiger charge is 2.23. The summed E-state index contributed by atoms with van der Waals surface area (Å²) in [7, 11) is 2.03. The van der Waals surface area contributed by atoms with E-state index in [0.29, 0.717) is 6.42 Å². The third-order valence-electron chi connectivity index (χ3n) is 4.73. The number of hydrogen-bond acceptors (Lipinski definition) is 1. The van der Waals surface area contributed by atoms with Gasteiger partial charge in [0.15, 0.2) is 0 Å². The molecule has 0 spiro atoms. The fourth-order valence-electron chi connectivity index (χ4n) is 3.62. The van der Waals surface area contributed by atoms with E-state index in [-0.39, 0.29) is 5.91 Å². The van der Waals surface area contributed by atoms with Gasteiger partial charge in [-0.25, -0.2) is 0 Å². The lowest BCUT2D eigenvalue weighted by Crippen LogP contribution is -2.36. The first-order valence-electron chi connectivity index (χ1n) is 8.15. The summed E-state index contributed by atoms with van der Waals surface area (Å²) in [5, 5.41) is 1.17. The van der Waals surface area contributed by atoms with E-state index in [1.807, 2.05) is 30.1 Å². The quantitative estimate of drug-likeness (QED) is 0.708. The zero-order valence-electron chi connectivity index (χ0n) is 13.3. The smallest absolute Gasteiger partial charge is 0.231 e. The fraction of sp³-hybridized carbons (Fsp3) is 0.250. The topological polar surface area (TPSA) is 25.2 Å². The van der Waals surface area contributed by atoms with E-state index in [1.165, 1.54) is 16.5 Å². The number of carbonyl (C=O) groups excluding carboxylic acids is 1. The lowest BCUT2D eigenvalue weighted by molar-refractivity contribution is -0.118. The molecule has 2 heterocycles. The van der Waals surface area contributed by atoms with Gasteiger partial charge in [-0.2, -0.15) is 0 Å². The van der Waals surface area contributed by atoms with E-state index >= 15 is 0 Å². The number of carbonyl (C=O) groups is 1. The first-order chi connectivity index (χ1) is 11.2. The minimum atomic E-state index is 0.188. The van der Waals surface area contributed by atoms with Gasteiger partial charge >= 0.3 is 0 Å². The number of benzene rings is 2. The van der Waals surface area contributed by atoms with Crippen LogP contribution in [0.1, 0.15) is 17.5 Å². The fourth-order valence-corrected chi connectivity index (χ4v) is 3.62. The van der Waals surface area contributed by atoms with Gasteiger partial charge in [-0.05, 0) is 36.1 Å². The van der Waals surface area contributed by atoms with Crippen LogP contribution in [0, 0.1) is 0 Å². The van der Waals surface area contributed by atoms with Crippen molar-refractivity contribution in [2.75, 3.05) is 11.4 Å². The normalized spacial score (nSPS) is 14.0. The minimum absolute atomic E-state index is 0.188. The summed E-state index contributed by atoms with van der Waals surface area (Å²) in [5.41, 5.74) is 4.65. The molecule has 2 aromatic carbocycles. The van der Waals surface area contributed by atoms with Crippen molar-refractivity contribution in [1.82, 2.24) is 4.57 Å². The minimum Gasteiger partial charge on any atom is -0.350 e.